The molecule has 0 bridgehead atoms. The SMILES string of the molecule is CC[C@@H](CS(=O)(=O)C(C)(C)C)N1C(=O)[C@H](C[NH3+])O[C@H](c2cccc(Cl)c2)[C@H]1c1ccc(Cl)cc1. The van der Waals surface area contributed by atoms with Gasteiger partial charge in [0.25, 0.3) is 5.91 Å². The van der Waals surface area contributed by atoms with Gasteiger partial charge in [0.05, 0.1) is 16.5 Å². The number of nitrogens with zero attached hydrogens (tertiary/aromatic N) is 1. The van der Waals surface area contributed by atoms with Crippen molar-refractivity contribution in [2.75, 3.05) is 12.3 Å². The lowest BCUT2D eigenvalue weighted by molar-refractivity contribution is -0.388. The van der Waals surface area contributed by atoms with Gasteiger partial charge in [-0.2, -0.15) is 0 Å². The summed E-state index contributed by atoms with van der Waals surface area (Å²) in [5.41, 5.74) is 5.52. The van der Waals surface area contributed by atoms with Crippen LogP contribution in [0.4, 0.5) is 0 Å². The fourth-order valence-corrected chi connectivity index (χ4v) is 5.92. The van der Waals surface area contributed by atoms with Gasteiger partial charge in [0, 0.05) is 16.1 Å². The molecule has 0 saturated carbocycles. The number of quaternary nitrogens is 1. The van der Waals surface area contributed by atoms with Crippen LogP contribution < -0.4 is 5.73 Å². The highest BCUT2D eigenvalue weighted by molar-refractivity contribution is 7.92. The molecule has 1 fully saturated rings. The van der Waals surface area contributed by atoms with Crippen LogP contribution in [0, 0.1) is 0 Å². The van der Waals surface area contributed by atoms with Crippen LogP contribution in [0.3, 0.4) is 0 Å². The van der Waals surface area contributed by atoms with Crippen molar-refractivity contribution in [1.29, 1.82) is 0 Å². The lowest BCUT2D eigenvalue weighted by atomic mass is 9.90. The molecule has 6 nitrogen and oxygen atoms in total. The Kier molecular flexibility index (Phi) is 8.36. The third-order valence-electron chi connectivity index (χ3n) is 6.29. The second-order valence-corrected chi connectivity index (χ2v) is 13.2. The third-order valence-corrected chi connectivity index (χ3v) is 9.46. The number of carbonyl (C=O) groups is 1. The van der Waals surface area contributed by atoms with E-state index in [4.69, 9.17) is 27.9 Å². The van der Waals surface area contributed by atoms with Crippen molar-refractivity contribution in [2.45, 2.75) is 63.2 Å². The number of rotatable bonds is 7. The average Bonchev–Trinajstić information content (AvgIpc) is 2.77. The molecule has 1 amide bonds. The van der Waals surface area contributed by atoms with Gasteiger partial charge in [-0.15, -0.1) is 0 Å². The van der Waals surface area contributed by atoms with E-state index in [1.165, 1.54) is 0 Å². The second-order valence-electron chi connectivity index (χ2n) is 9.59. The molecule has 0 aromatic heterocycles. The van der Waals surface area contributed by atoms with E-state index in [0.717, 1.165) is 11.1 Å². The number of sulfone groups is 1. The Morgan fingerprint density at radius 1 is 1.06 bits per heavy atom. The maximum absolute atomic E-state index is 13.7. The minimum Gasteiger partial charge on any atom is -0.355 e. The number of halogens is 2. The van der Waals surface area contributed by atoms with E-state index in [1.807, 2.05) is 37.3 Å². The van der Waals surface area contributed by atoms with E-state index in [2.05, 4.69) is 5.73 Å². The summed E-state index contributed by atoms with van der Waals surface area (Å²) in [6, 6.07) is 13.4. The van der Waals surface area contributed by atoms with E-state index in [-0.39, 0.29) is 18.2 Å². The number of hydrogen-bond acceptors (Lipinski definition) is 4. The van der Waals surface area contributed by atoms with Crippen molar-refractivity contribution in [3.63, 3.8) is 0 Å². The molecule has 0 spiro atoms. The topological polar surface area (TPSA) is 91.3 Å². The van der Waals surface area contributed by atoms with Crippen LogP contribution in [0.2, 0.25) is 10.0 Å². The summed E-state index contributed by atoms with van der Waals surface area (Å²) in [5.74, 6) is -0.404. The zero-order chi connectivity index (χ0) is 25.3. The number of ether oxygens (including phenoxy) is 1. The molecule has 2 aromatic rings. The predicted octanol–water partition coefficient (Wildman–Crippen LogP) is 4.24. The molecule has 0 radical (unpaired) electrons. The summed E-state index contributed by atoms with van der Waals surface area (Å²) in [7, 11) is -3.50. The molecule has 0 unspecified atom stereocenters. The smallest absolute Gasteiger partial charge is 0.258 e. The molecular weight excluding hydrogens is 495 g/mol. The van der Waals surface area contributed by atoms with Crippen LogP contribution in [0.25, 0.3) is 0 Å². The van der Waals surface area contributed by atoms with E-state index in [0.29, 0.717) is 16.5 Å². The monoisotopic (exact) mass is 527 g/mol. The molecule has 1 aliphatic heterocycles. The number of morpholine rings is 1. The van der Waals surface area contributed by atoms with Crippen molar-refractivity contribution < 1.29 is 23.7 Å². The fraction of sp³-hybridized carbons (Fsp3) is 0.480. The molecule has 186 valence electrons. The summed E-state index contributed by atoms with van der Waals surface area (Å²) in [6.45, 7) is 7.17. The van der Waals surface area contributed by atoms with Gasteiger partial charge in [-0.05, 0) is 62.6 Å². The molecule has 4 atom stereocenters. The van der Waals surface area contributed by atoms with Gasteiger partial charge in [0.15, 0.2) is 15.9 Å². The molecule has 1 heterocycles. The fourth-order valence-electron chi connectivity index (χ4n) is 4.20. The van der Waals surface area contributed by atoms with Gasteiger partial charge in [0.2, 0.25) is 0 Å². The van der Waals surface area contributed by atoms with E-state index >= 15 is 0 Å². The Morgan fingerprint density at radius 3 is 2.24 bits per heavy atom. The summed E-state index contributed by atoms with van der Waals surface area (Å²) in [4.78, 5) is 15.4. The highest BCUT2D eigenvalue weighted by Crippen LogP contribution is 2.44. The minimum absolute atomic E-state index is 0.144. The number of carbonyl (C=O) groups excluding carboxylic acids is 1. The molecule has 0 aliphatic carbocycles. The summed E-state index contributed by atoms with van der Waals surface area (Å²) < 4.78 is 31.8. The maximum Gasteiger partial charge on any atom is 0.258 e. The van der Waals surface area contributed by atoms with Crippen LogP contribution in [0.15, 0.2) is 48.5 Å². The van der Waals surface area contributed by atoms with Crippen LogP contribution in [0.5, 0.6) is 0 Å². The molecule has 9 heteroatoms. The lowest BCUT2D eigenvalue weighted by Gasteiger charge is -2.47. The van der Waals surface area contributed by atoms with Crippen LogP contribution in [-0.4, -0.2) is 48.4 Å². The van der Waals surface area contributed by atoms with Gasteiger partial charge >= 0.3 is 0 Å². The summed E-state index contributed by atoms with van der Waals surface area (Å²) in [6.07, 6.45) is -0.883. The molecule has 1 saturated heterocycles. The predicted molar refractivity (Wildman–Crippen MR) is 135 cm³/mol. The first-order chi connectivity index (χ1) is 15.9. The Morgan fingerprint density at radius 2 is 1.71 bits per heavy atom. The first-order valence-electron chi connectivity index (χ1n) is 11.4. The first kappa shape index (κ1) is 27.0. The minimum atomic E-state index is -3.50. The van der Waals surface area contributed by atoms with Gasteiger partial charge in [-0.25, -0.2) is 8.42 Å². The normalized spacial score (nSPS) is 22.6. The molecular formula is C25H33Cl2N2O4S+. The number of amides is 1. The van der Waals surface area contributed by atoms with Crippen LogP contribution in [0.1, 0.15) is 57.4 Å². The van der Waals surface area contributed by atoms with Gasteiger partial charge in [0.1, 0.15) is 12.6 Å². The third kappa shape index (κ3) is 5.60. The zero-order valence-corrected chi connectivity index (χ0v) is 22.3. The molecule has 3 N–H and O–H groups in total. The highest BCUT2D eigenvalue weighted by atomic mass is 35.5. The Hall–Kier alpha value is -1.64. The highest BCUT2D eigenvalue weighted by Gasteiger charge is 2.48. The van der Waals surface area contributed by atoms with Crippen molar-refractivity contribution >= 4 is 38.9 Å². The molecule has 1 aliphatic rings. The first-order valence-corrected chi connectivity index (χ1v) is 13.8. The van der Waals surface area contributed by atoms with Crippen molar-refractivity contribution in [1.82, 2.24) is 4.90 Å². The van der Waals surface area contributed by atoms with Gasteiger partial charge in [-0.3, -0.25) is 4.79 Å². The standard InChI is InChI=1S/C25H32Cl2N2O4S/c1-5-20(15-34(31,32)25(2,3)4)29-22(16-9-11-18(26)12-10-16)23(33-21(14-28)24(29)30)17-7-6-8-19(27)13-17/h6-13,20-23H,5,14-15,28H2,1-4H3/p+1/t20-,21-,22+,23+/m0/s1. The van der Waals surface area contributed by atoms with Crippen LogP contribution in [-0.2, 0) is 19.4 Å². The summed E-state index contributed by atoms with van der Waals surface area (Å²) >= 11 is 12.4. The lowest BCUT2D eigenvalue weighted by Crippen LogP contribution is -2.65. The number of hydrogen-bond donors (Lipinski definition) is 1. The molecule has 3 rings (SSSR count). The summed E-state index contributed by atoms with van der Waals surface area (Å²) in [5, 5.41) is 1.11. The van der Waals surface area contributed by atoms with E-state index < -0.39 is 38.9 Å². The van der Waals surface area contributed by atoms with E-state index in [1.54, 1.807) is 43.9 Å². The molecule has 2 aromatic carbocycles. The number of benzene rings is 2. The Balaban J connectivity index is 2.18. The second kappa shape index (κ2) is 10.5. The molecule has 34 heavy (non-hydrogen) atoms. The Labute approximate surface area is 212 Å². The largest absolute Gasteiger partial charge is 0.355 e. The maximum atomic E-state index is 13.7. The Bertz CT molecular complexity index is 1120. The van der Waals surface area contributed by atoms with Crippen molar-refractivity contribution in [2.24, 2.45) is 0 Å². The van der Waals surface area contributed by atoms with E-state index in [9.17, 15) is 13.2 Å². The van der Waals surface area contributed by atoms with Gasteiger partial charge < -0.3 is 15.4 Å². The van der Waals surface area contributed by atoms with Crippen molar-refractivity contribution in [3.8, 4) is 0 Å². The zero-order valence-electron chi connectivity index (χ0n) is 20.0. The van der Waals surface area contributed by atoms with Crippen LogP contribution >= 0.6 is 23.2 Å². The average molecular weight is 529 g/mol. The van der Waals surface area contributed by atoms with Crippen molar-refractivity contribution in [3.05, 3.63) is 69.7 Å². The van der Waals surface area contributed by atoms with Gasteiger partial charge in [-0.1, -0.05) is 54.4 Å². The quantitative estimate of drug-likeness (QED) is 0.582.